The quantitative estimate of drug-likeness (QED) is 0.604. The topological polar surface area (TPSA) is 37.3 Å². The van der Waals surface area contributed by atoms with Crippen molar-refractivity contribution in [2.24, 2.45) is 5.92 Å². The highest BCUT2D eigenvalue weighted by Gasteiger charge is 2.20. The summed E-state index contributed by atoms with van der Waals surface area (Å²) in [6.07, 6.45) is 2.67. The minimum Gasteiger partial charge on any atom is -0.388 e. The first-order valence-corrected chi connectivity index (χ1v) is 5.07. The van der Waals surface area contributed by atoms with Crippen LogP contribution in [-0.4, -0.2) is 17.0 Å². The molecule has 0 spiro atoms. The van der Waals surface area contributed by atoms with Crippen LogP contribution in [0.5, 0.6) is 0 Å². The fourth-order valence-electron chi connectivity index (χ4n) is 1.38. The van der Waals surface area contributed by atoms with Gasteiger partial charge in [0, 0.05) is 11.5 Å². The number of carbonyl (C=O) groups is 1. The van der Waals surface area contributed by atoms with Gasteiger partial charge in [-0.1, -0.05) is 49.4 Å². The van der Waals surface area contributed by atoms with Gasteiger partial charge < -0.3 is 5.11 Å². The fraction of sp³-hybridized carbons (Fsp3) is 0.308. The minimum absolute atomic E-state index is 0.0267. The van der Waals surface area contributed by atoms with Crippen LogP contribution in [-0.2, 0) is 0 Å². The average Bonchev–Trinajstić information content (AvgIpc) is 2.28. The number of rotatable bonds is 4. The van der Waals surface area contributed by atoms with Crippen LogP contribution in [0, 0.1) is 5.92 Å². The lowest BCUT2D eigenvalue weighted by Crippen LogP contribution is -2.23. The summed E-state index contributed by atoms with van der Waals surface area (Å²) in [6.45, 7) is 3.56. The van der Waals surface area contributed by atoms with Crippen molar-refractivity contribution in [3.63, 3.8) is 0 Å². The molecule has 2 heteroatoms. The summed E-state index contributed by atoms with van der Waals surface area (Å²) in [5.74, 6) is -0.426. The molecule has 0 saturated heterocycles. The second-order valence-electron chi connectivity index (χ2n) is 3.54. The number of aliphatic hydroxyl groups excluding tert-OH is 1. The van der Waals surface area contributed by atoms with Crippen LogP contribution in [0.2, 0.25) is 0 Å². The number of carbonyl (C=O) groups excluding carboxylic acids is 1. The lowest BCUT2D eigenvalue weighted by Gasteiger charge is -2.14. The zero-order chi connectivity index (χ0) is 11.3. The highest BCUT2D eigenvalue weighted by Crippen LogP contribution is 2.13. The molecular formula is C13H16O2. The first-order chi connectivity index (χ1) is 7.16. The van der Waals surface area contributed by atoms with E-state index in [1.165, 1.54) is 0 Å². The Hall–Kier alpha value is -1.41. The molecule has 0 amide bonds. The van der Waals surface area contributed by atoms with Crippen molar-refractivity contribution >= 4 is 5.78 Å². The Morgan fingerprint density at radius 3 is 2.47 bits per heavy atom. The third-order valence-electron chi connectivity index (χ3n) is 2.37. The normalized spacial score (nSPS) is 15.1. The van der Waals surface area contributed by atoms with Crippen molar-refractivity contribution in [2.75, 3.05) is 0 Å². The van der Waals surface area contributed by atoms with E-state index in [0.717, 1.165) is 0 Å². The highest BCUT2D eigenvalue weighted by atomic mass is 16.3. The van der Waals surface area contributed by atoms with Crippen LogP contribution in [0.1, 0.15) is 24.2 Å². The molecule has 0 heterocycles. The summed E-state index contributed by atoms with van der Waals surface area (Å²) in [4.78, 5) is 11.9. The fourth-order valence-corrected chi connectivity index (χ4v) is 1.38. The molecule has 0 radical (unpaired) electrons. The maximum Gasteiger partial charge on any atom is 0.168 e. The van der Waals surface area contributed by atoms with E-state index >= 15 is 0 Å². The second-order valence-corrected chi connectivity index (χ2v) is 3.54. The van der Waals surface area contributed by atoms with Crippen molar-refractivity contribution in [1.29, 1.82) is 0 Å². The van der Waals surface area contributed by atoms with Crippen LogP contribution < -0.4 is 0 Å². The lowest BCUT2D eigenvalue weighted by molar-refractivity contribution is 0.0805. The van der Waals surface area contributed by atoms with E-state index < -0.39 is 12.0 Å². The maximum atomic E-state index is 11.9. The van der Waals surface area contributed by atoms with E-state index in [-0.39, 0.29) is 5.78 Å². The Bertz CT molecular complexity index is 341. The molecule has 2 nitrogen and oxygen atoms in total. The summed E-state index contributed by atoms with van der Waals surface area (Å²) < 4.78 is 0. The number of allylic oxidation sites excluding steroid dienone is 1. The largest absolute Gasteiger partial charge is 0.388 e. The number of Topliss-reactive ketones (excluding diaryl/α,β-unsaturated/α-hetero) is 1. The summed E-state index contributed by atoms with van der Waals surface area (Å²) in [5.41, 5.74) is 0.647. The van der Waals surface area contributed by atoms with Crippen molar-refractivity contribution in [2.45, 2.75) is 20.0 Å². The number of aliphatic hydroxyl groups is 1. The van der Waals surface area contributed by atoms with Gasteiger partial charge in [-0.25, -0.2) is 0 Å². The Balaban J connectivity index is 2.77. The Morgan fingerprint density at radius 2 is 1.93 bits per heavy atom. The van der Waals surface area contributed by atoms with Crippen molar-refractivity contribution in [1.82, 2.24) is 0 Å². The summed E-state index contributed by atoms with van der Waals surface area (Å²) in [6, 6.07) is 9.04. The van der Waals surface area contributed by atoms with Gasteiger partial charge in [0.2, 0.25) is 0 Å². The molecule has 0 fully saturated rings. The predicted octanol–water partition coefficient (Wildman–Crippen LogP) is 2.44. The number of benzene rings is 1. The van der Waals surface area contributed by atoms with E-state index in [4.69, 9.17) is 0 Å². The SMILES string of the molecule is C/C=C/[C@H](O)[C@@H](C)C(=O)c1ccccc1. The van der Waals surface area contributed by atoms with Gasteiger partial charge in [0.25, 0.3) is 0 Å². The Labute approximate surface area is 90.3 Å². The van der Waals surface area contributed by atoms with Gasteiger partial charge in [-0.15, -0.1) is 0 Å². The lowest BCUT2D eigenvalue weighted by atomic mass is 9.94. The molecule has 1 aromatic carbocycles. The zero-order valence-electron chi connectivity index (χ0n) is 9.05. The minimum atomic E-state index is -0.706. The van der Waals surface area contributed by atoms with Gasteiger partial charge in [-0.3, -0.25) is 4.79 Å². The Morgan fingerprint density at radius 1 is 1.33 bits per heavy atom. The van der Waals surface area contributed by atoms with Gasteiger partial charge in [-0.2, -0.15) is 0 Å². The van der Waals surface area contributed by atoms with E-state index in [1.807, 2.05) is 25.1 Å². The predicted molar refractivity (Wildman–Crippen MR) is 60.8 cm³/mol. The van der Waals surface area contributed by atoms with E-state index in [0.29, 0.717) is 5.56 Å². The van der Waals surface area contributed by atoms with Gasteiger partial charge in [-0.05, 0) is 6.92 Å². The van der Waals surface area contributed by atoms with Gasteiger partial charge in [0.15, 0.2) is 5.78 Å². The molecule has 0 aromatic heterocycles. The molecule has 0 bridgehead atoms. The van der Waals surface area contributed by atoms with Crippen LogP contribution in [0.4, 0.5) is 0 Å². The first kappa shape index (κ1) is 11.7. The Kier molecular flexibility index (Phi) is 4.25. The molecule has 1 rings (SSSR count). The molecule has 80 valence electrons. The average molecular weight is 204 g/mol. The smallest absolute Gasteiger partial charge is 0.168 e. The summed E-state index contributed by atoms with van der Waals surface area (Å²) in [7, 11) is 0. The monoisotopic (exact) mass is 204 g/mol. The molecule has 0 aliphatic rings. The molecule has 15 heavy (non-hydrogen) atoms. The third-order valence-corrected chi connectivity index (χ3v) is 2.37. The van der Waals surface area contributed by atoms with Crippen molar-refractivity contribution < 1.29 is 9.90 Å². The molecule has 0 unspecified atom stereocenters. The molecule has 2 atom stereocenters. The van der Waals surface area contributed by atoms with Gasteiger partial charge >= 0.3 is 0 Å². The van der Waals surface area contributed by atoms with Crippen LogP contribution >= 0.6 is 0 Å². The molecule has 0 aliphatic carbocycles. The summed E-state index contributed by atoms with van der Waals surface area (Å²) in [5, 5.41) is 9.64. The van der Waals surface area contributed by atoms with Gasteiger partial charge in [0.1, 0.15) is 0 Å². The number of hydrogen-bond acceptors (Lipinski definition) is 2. The second kappa shape index (κ2) is 5.47. The molecule has 1 aromatic rings. The molecule has 1 N–H and O–H groups in total. The third kappa shape index (κ3) is 3.03. The standard InChI is InChI=1S/C13H16O2/c1-3-7-12(14)10(2)13(15)11-8-5-4-6-9-11/h3-10,12,14H,1-2H3/b7-3+/t10-,12+/m1/s1. The molecule has 0 aliphatic heterocycles. The molecular weight excluding hydrogens is 188 g/mol. The van der Waals surface area contributed by atoms with Gasteiger partial charge in [0.05, 0.1) is 6.10 Å². The molecule has 0 saturated carbocycles. The highest BCUT2D eigenvalue weighted by molar-refractivity contribution is 5.98. The number of ketones is 1. The van der Waals surface area contributed by atoms with Crippen LogP contribution in [0.15, 0.2) is 42.5 Å². The maximum absolute atomic E-state index is 11.9. The van der Waals surface area contributed by atoms with Crippen LogP contribution in [0.25, 0.3) is 0 Å². The summed E-state index contributed by atoms with van der Waals surface area (Å²) >= 11 is 0. The van der Waals surface area contributed by atoms with Crippen molar-refractivity contribution in [3.05, 3.63) is 48.0 Å². The number of hydrogen-bond donors (Lipinski definition) is 1. The van der Waals surface area contributed by atoms with E-state index in [9.17, 15) is 9.90 Å². The van der Waals surface area contributed by atoms with E-state index in [2.05, 4.69) is 0 Å². The van der Waals surface area contributed by atoms with Crippen LogP contribution in [0.3, 0.4) is 0 Å². The first-order valence-electron chi connectivity index (χ1n) is 5.07. The zero-order valence-corrected chi connectivity index (χ0v) is 9.05. The van der Waals surface area contributed by atoms with E-state index in [1.54, 1.807) is 31.2 Å². The van der Waals surface area contributed by atoms with Crippen molar-refractivity contribution in [3.8, 4) is 0 Å².